The van der Waals surface area contributed by atoms with Crippen LogP contribution in [-0.4, -0.2) is 21.0 Å². The van der Waals surface area contributed by atoms with E-state index < -0.39 is 5.97 Å². The molecule has 1 N–H and O–H groups in total. The molecule has 2 rings (SSSR count). The van der Waals surface area contributed by atoms with Crippen molar-refractivity contribution in [2.24, 2.45) is 0 Å². The lowest BCUT2D eigenvalue weighted by Gasteiger charge is -2.02. The number of pyridine rings is 2. The van der Waals surface area contributed by atoms with Crippen LogP contribution in [0.4, 0.5) is 0 Å². The zero-order valence-corrected chi connectivity index (χ0v) is 10.1. The van der Waals surface area contributed by atoms with Crippen molar-refractivity contribution in [3.05, 3.63) is 47.2 Å². The van der Waals surface area contributed by atoms with Gasteiger partial charge in [0.05, 0.1) is 5.02 Å². The van der Waals surface area contributed by atoms with Crippen LogP contribution in [0.15, 0.2) is 46.6 Å². The summed E-state index contributed by atoms with van der Waals surface area (Å²) in [4.78, 5) is 18.8. The zero-order valence-electron chi connectivity index (χ0n) is 8.50. The summed E-state index contributed by atoms with van der Waals surface area (Å²) in [5, 5.41) is 10.5. The van der Waals surface area contributed by atoms with Crippen molar-refractivity contribution in [3.8, 4) is 0 Å². The van der Waals surface area contributed by atoms with E-state index in [4.69, 9.17) is 16.7 Å². The van der Waals surface area contributed by atoms with Crippen LogP contribution in [-0.2, 0) is 0 Å². The molecule has 0 bridgehead atoms. The molecule has 0 aliphatic rings. The average Bonchev–Trinajstić information content (AvgIpc) is 2.32. The highest BCUT2D eigenvalue weighted by Crippen LogP contribution is 2.29. The van der Waals surface area contributed by atoms with Crippen molar-refractivity contribution < 1.29 is 9.90 Å². The standard InChI is InChI=1S/C11H7ClN2O2S/c12-7-3-2-6-13-10(7)17-9-5-1-4-8(14-9)11(15)16/h1-6H,(H,15,16). The Labute approximate surface area is 107 Å². The molecule has 0 aliphatic heterocycles. The fourth-order valence-electron chi connectivity index (χ4n) is 1.14. The maximum atomic E-state index is 10.8. The minimum Gasteiger partial charge on any atom is -0.477 e. The Morgan fingerprint density at radius 2 is 2.12 bits per heavy atom. The van der Waals surface area contributed by atoms with Gasteiger partial charge in [0.2, 0.25) is 0 Å². The Kier molecular flexibility index (Phi) is 3.61. The van der Waals surface area contributed by atoms with Crippen LogP contribution in [0.5, 0.6) is 0 Å². The van der Waals surface area contributed by atoms with Crippen molar-refractivity contribution >= 4 is 29.3 Å². The summed E-state index contributed by atoms with van der Waals surface area (Å²) in [5.41, 5.74) is 0.00190. The molecule has 17 heavy (non-hydrogen) atoms. The first-order valence-electron chi connectivity index (χ1n) is 4.65. The highest BCUT2D eigenvalue weighted by molar-refractivity contribution is 7.99. The zero-order chi connectivity index (χ0) is 12.3. The Hall–Kier alpha value is -1.59. The quantitative estimate of drug-likeness (QED) is 0.925. The van der Waals surface area contributed by atoms with E-state index in [2.05, 4.69) is 9.97 Å². The normalized spacial score (nSPS) is 10.2. The molecule has 86 valence electrons. The first-order valence-corrected chi connectivity index (χ1v) is 5.85. The lowest BCUT2D eigenvalue weighted by Crippen LogP contribution is -2.00. The number of hydrogen-bond donors (Lipinski definition) is 1. The van der Waals surface area contributed by atoms with Crippen LogP contribution in [0, 0.1) is 0 Å². The van der Waals surface area contributed by atoms with Gasteiger partial charge in [-0.25, -0.2) is 14.8 Å². The van der Waals surface area contributed by atoms with Crippen molar-refractivity contribution in [1.29, 1.82) is 0 Å². The van der Waals surface area contributed by atoms with Gasteiger partial charge in [0, 0.05) is 6.20 Å². The van der Waals surface area contributed by atoms with Crippen molar-refractivity contribution in [2.45, 2.75) is 10.1 Å². The summed E-state index contributed by atoms with van der Waals surface area (Å²) >= 11 is 7.18. The highest BCUT2D eigenvalue weighted by atomic mass is 35.5. The topological polar surface area (TPSA) is 63.1 Å². The Bertz CT molecular complexity index is 563. The van der Waals surface area contributed by atoms with Crippen molar-refractivity contribution in [2.75, 3.05) is 0 Å². The Balaban J connectivity index is 2.28. The molecule has 0 aliphatic carbocycles. The van der Waals surface area contributed by atoms with E-state index in [0.29, 0.717) is 15.1 Å². The van der Waals surface area contributed by atoms with Gasteiger partial charge < -0.3 is 5.11 Å². The molecule has 0 amide bonds. The second kappa shape index (κ2) is 5.16. The SMILES string of the molecule is O=C(O)c1cccc(Sc2ncccc2Cl)n1. The van der Waals surface area contributed by atoms with E-state index in [1.807, 2.05) is 0 Å². The number of aromatic nitrogens is 2. The third-order valence-electron chi connectivity index (χ3n) is 1.87. The summed E-state index contributed by atoms with van der Waals surface area (Å²) in [6, 6.07) is 8.23. The van der Waals surface area contributed by atoms with Gasteiger partial charge >= 0.3 is 5.97 Å². The van der Waals surface area contributed by atoms with Gasteiger partial charge in [0.15, 0.2) is 0 Å². The fraction of sp³-hybridized carbons (Fsp3) is 0. The van der Waals surface area contributed by atoms with Gasteiger partial charge in [-0.2, -0.15) is 0 Å². The summed E-state index contributed by atoms with van der Waals surface area (Å²) in [7, 11) is 0. The second-order valence-corrected chi connectivity index (χ2v) is 4.47. The lowest BCUT2D eigenvalue weighted by atomic mass is 10.4. The number of carbonyl (C=O) groups is 1. The van der Waals surface area contributed by atoms with Crippen LogP contribution in [0.1, 0.15) is 10.5 Å². The molecule has 0 aromatic carbocycles. The molecule has 0 atom stereocenters. The number of carboxylic acid groups (broad SMARTS) is 1. The lowest BCUT2D eigenvalue weighted by molar-refractivity contribution is 0.0689. The molecule has 2 aromatic heterocycles. The van der Waals surface area contributed by atoms with Crippen LogP contribution in [0.3, 0.4) is 0 Å². The second-order valence-electron chi connectivity index (χ2n) is 3.06. The van der Waals surface area contributed by atoms with E-state index in [9.17, 15) is 4.79 Å². The van der Waals surface area contributed by atoms with Gasteiger partial charge in [0.25, 0.3) is 0 Å². The van der Waals surface area contributed by atoms with Crippen molar-refractivity contribution in [3.63, 3.8) is 0 Å². The molecule has 0 fully saturated rings. The number of rotatable bonds is 3. The van der Waals surface area contributed by atoms with Gasteiger partial charge in [-0.1, -0.05) is 17.7 Å². The van der Waals surface area contributed by atoms with Crippen LogP contribution < -0.4 is 0 Å². The smallest absolute Gasteiger partial charge is 0.354 e. The fourth-order valence-corrected chi connectivity index (χ4v) is 2.14. The third-order valence-corrected chi connectivity index (χ3v) is 3.24. The molecule has 0 spiro atoms. The van der Waals surface area contributed by atoms with Gasteiger partial charge in [-0.3, -0.25) is 0 Å². The predicted octanol–water partition coefficient (Wildman–Crippen LogP) is 2.98. The largest absolute Gasteiger partial charge is 0.477 e. The minimum absolute atomic E-state index is 0.00190. The maximum absolute atomic E-state index is 10.8. The van der Waals surface area contributed by atoms with Gasteiger partial charge in [0.1, 0.15) is 15.7 Å². The number of aromatic carboxylic acids is 1. The highest BCUT2D eigenvalue weighted by Gasteiger charge is 2.08. The molecular formula is C11H7ClN2O2S. The minimum atomic E-state index is -1.06. The average molecular weight is 267 g/mol. The molecule has 4 nitrogen and oxygen atoms in total. The Morgan fingerprint density at radius 1 is 1.29 bits per heavy atom. The van der Waals surface area contributed by atoms with Gasteiger partial charge in [-0.05, 0) is 36.0 Å². The predicted molar refractivity (Wildman–Crippen MR) is 64.6 cm³/mol. The number of carboxylic acids is 1. The summed E-state index contributed by atoms with van der Waals surface area (Å²) in [5.74, 6) is -1.06. The third kappa shape index (κ3) is 2.95. The number of nitrogens with zero attached hydrogens (tertiary/aromatic N) is 2. The Morgan fingerprint density at radius 3 is 2.82 bits per heavy atom. The number of hydrogen-bond acceptors (Lipinski definition) is 4. The molecule has 0 unspecified atom stereocenters. The molecule has 2 aromatic rings. The van der Waals surface area contributed by atoms with E-state index in [0.717, 1.165) is 0 Å². The summed E-state index contributed by atoms with van der Waals surface area (Å²) < 4.78 is 0. The molecule has 2 heterocycles. The molecular weight excluding hydrogens is 260 g/mol. The molecule has 0 radical (unpaired) electrons. The summed E-state index contributed by atoms with van der Waals surface area (Å²) in [6.45, 7) is 0. The molecule has 0 saturated heterocycles. The molecule has 6 heteroatoms. The van der Waals surface area contributed by atoms with E-state index in [1.165, 1.54) is 17.8 Å². The monoisotopic (exact) mass is 266 g/mol. The van der Waals surface area contributed by atoms with Crippen molar-refractivity contribution in [1.82, 2.24) is 9.97 Å². The van der Waals surface area contributed by atoms with Crippen LogP contribution in [0.25, 0.3) is 0 Å². The first kappa shape index (κ1) is 11.9. The van der Waals surface area contributed by atoms with Crippen LogP contribution >= 0.6 is 23.4 Å². The maximum Gasteiger partial charge on any atom is 0.354 e. The van der Waals surface area contributed by atoms with E-state index in [-0.39, 0.29) is 5.69 Å². The number of halogens is 1. The van der Waals surface area contributed by atoms with E-state index in [1.54, 1.807) is 30.5 Å². The van der Waals surface area contributed by atoms with E-state index >= 15 is 0 Å². The molecule has 0 saturated carbocycles. The van der Waals surface area contributed by atoms with Crippen LogP contribution in [0.2, 0.25) is 5.02 Å². The van der Waals surface area contributed by atoms with Gasteiger partial charge in [-0.15, -0.1) is 0 Å². The first-order chi connectivity index (χ1) is 8.16. The summed E-state index contributed by atoms with van der Waals surface area (Å²) in [6.07, 6.45) is 1.62.